The minimum atomic E-state index is -0.112. The predicted octanol–water partition coefficient (Wildman–Crippen LogP) is 1.80. The molecule has 2 unspecified atom stereocenters. The van der Waals surface area contributed by atoms with E-state index in [1.165, 1.54) is 5.56 Å². The molecule has 1 saturated heterocycles. The van der Waals surface area contributed by atoms with E-state index in [4.69, 9.17) is 4.74 Å². The van der Waals surface area contributed by atoms with Crippen molar-refractivity contribution < 1.29 is 9.53 Å². The second-order valence-electron chi connectivity index (χ2n) is 7.34. The summed E-state index contributed by atoms with van der Waals surface area (Å²) in [4.78, 5) is 12.4. The number of amides is 1. The highest BCUT2D eigenvalue weighted by Gasteiger charge is 2.58. The van der Waals surface area contributed by atoms with E-state index >= 15 is 0 Å². The number of hydrogen-bond donors (Lipinski definition) is 2. The summed E-state index contributed by atoms with van der Waals surface area (Å²) in [7, 11) is 0. The lowest BCUT2D eigenvalue weighted by atomic mass is 10.1. The zero-order chi connectivity index (χ0) is 15.3. The number of hydrogen-bond acceptors (Lipinski definition) is 3. The van der Waals surface area contributed by atoms with Gasteiger partial charge in [-0.2, -0.15) is 0 Å². The number of aryl methyl sites for hydroxylation is 2. The summed E-state index contributed by atoms with van der Waals surface area (Å²) >= 11 is 0. The molecule has 2 aliphatic carbocycles. The van der Waals surface area contributed by atoms with E-state index in [1.807, 2.05) is 6.07 Å². The van der Waals surface area contributed by atoms with Crippen LogP contribution in [0.15, 0.2) is 18.2 Å². The number of piperidine rings is 1. The average Bonchev–Trinajstić information content (AvgIpc) is 3.35. The van der Waals surface area contributed by atoms with E-state index in [2.05, 4.69) is 36.6 Å². The molecule has 1 amide bonds. The van der Waals surface area contributed by atoms with Crippen LogP contribution in [0.2, 0.25) is 0 Å². The summed E-state index contributed by atoms with van der Waals surface area (Å²) in [5.74, 6) is 2.59. The molecule has 0 spiro atoms. The second-order valence-corrected chi connectivity index (χ2v) is 7.34. The Hall–Kier alpha value is -1.55. The number of carbonyl (C=O) groups excluding carboxylic acids is 1. The Kier molecular flexibility index (Phi) is 3.19. The molecular weight excluding hydrogens is 276 g/mol. The predicted molar refractivity (Wildman–Crippen MR) is 84.9 cm³/mol. The van der Waals surface area contributed by atoms with Crippen LogP contribution in [0.25, 0.3) is 0 Å². The molecule has 0 aromatic heterocycles. The van der Waals surface area contributed by atoms with E-state index in [9.17, 15) is 4.79 Å². The van der Waals surface area contributed by atoms with Gasteiger partial charge in [-0.1, -0.05) is 17.7 Å². The Morgan fingerprint density at radius 1 is 1.32 bits per heavy atom. The summed E-state index contributed by atoms with van der Waals surface area (Å²) in [6.07, 6.45) is 2.06. The Morgan fingerprint density at radius 3 is 2.68 bits per heavy atom. The van der Waals surface area contributed by atoms with Crippen molar-refractivity contribution in [2.24, 2.45) is 17.8 Å². The quantitative estimate of drug-likeness (QED) is 0.872. The van der Waals surface area contributed by atoms with Crippen LogP contribution in [-0.4, -0.2) is 31.1 Å². The maximum atomic E-state index is 12.4. The minimum Gasteiger partial charge on any atom is -0.491 e. The van der Waals surface area contributed by atoms with Crippen LogP contribution in [0.4, 0.5) is 0 Å². The smallest absolute Gasteiger partial charge is 0.224 e. The van der Waals surface area contributed by atoms with Crippen molar-refractivity contribution in [1.82, 2.24) is 10.6 Å². The lowest BCUT2D eigenvalue weighted by molar-refractivity contribution is -0.124. The Bertz CT molecular complexity index is 599. The van der Waals surface area contributed by atoms with Crippen molar-refractivity contribution in [3.63, 3.8) is 0 Å². The lowest BCUT2D eigenvalue weighted by Crippen LogP contribution is -2.43. The van der Waals surface area contributed by atoms with Gasteiger partial charge < -0.3 is 15.4 Å². The highest BCUT2D eigenvalue weighted by atomic mass is 16.5. The standard InChI is InChI=1S/C18H24N2O2/c1-11-3-4-15(12(2)7-11)22-10-18(5-6-18)20-17(21)16-13-8-19-9-14(13)16/h3-4,7,13-14,16,19H,5-6,8-10H2,1-2H3,(H,20,21)/t13-,14?,16?/m1/s1. The van der Waals surface area contributed by atoms with Crippen molar-refractivity contribution >= 4 is 5.91 Å². The molecule has 4 heteroatoms. The van der Waals surface area contributed by atoms with E-state index in [1.54, 1.807) is 0 Å². The maximum absolute atomic E-state index is 12.4. The van der Waals surface area contributed by atoms with Crippen LogP contribution >= 0.6 is 0 Å². The lowest BCUT2D eigenvalue weighted by Gasteiger charge is -2.20. The van der Waals surface area contributed by atoms with Crippen molar-refractivity contribution in [1.29, 1.82) is 0 Å². The van der Waals surface area contributed by atoms with Crippen molar-refractivity contribution in [2.75, 3.05) is 19.7 Å². The summed E-state index contributed by atoms with van der Waals surface area (Å²) < 4.78 is 5.99. The van der Waals surface area contributed by atoms with E-state index in [-0.39, 0.29) is 17.4 Å². The molecule has 4 rings (SSSR count). The molecule has 2 saturated carbocycles. The fourth-order valence-electron chi connectivity index (χ4n) is 3.79. The molecule has 3 fully saturated rings. The number of ether oxygens (including phenoxy) is 1. The molecule has 1 heterocycles. The Morgan fingerprint density at radius 2 is 2.05 bits per heavy atom. The first-order valence-electron chi connectivity index (χ1n) is 8.31. The van der Waals surface area contributed by atoms with Gasteiger partial charge in [-0.25, -0.2) is 0 Å². The minimum absolute atomic E-state index is 0.112. The van der Waals surface area contributed by atoms with E-state index in [0.29, 0.717) is 18.4 Å². The first-order valence-corrected chi connectivity index (χ1v) is 8.31. The molecule has 3 atom stereocenters. The molecule has 0 radical (unpaired) electrons. The normalized spacial score (nSPS) is 30.5. The van der Waals surface area contributed by atoms with Gasteiger partial charge in [0.2, 0.25) is 5.91 Å². The van der Waals surface area contributed by atoms with Crippen molar-refractivity contribution in [3.8, 4) is 5.75 Å². The summed E-state index contributed by atoms with van der Waals surface area (Å²) in [5, 5.41) is 6.61. The summed E-state index contributed by atoms with van der Waals surface area (Å²) in [5.41, 5.74) is 2.29. The molecule has 0 bridgehead atoms. The number of carbonyl (C=O) groups is 1. The third-order valence-corrected chi connectivity index (χ3v) is 5.47. The van der Waals surface area contributed by atoms with Gasteiger partial charge in [0.1, 0.15) is 12.4 Å². The van der Waals surface area contributed by atoms with Gasteiger partial charge in [-0.15, -0.1) is 0 Å². The van der Waals surface area contributed by atoms with Crippen LogP contribution in [0.5, 0.6) is 5.75 Å². The molecule has 1 aliphatic heterocycles. The molecule has 1 aromatic rings. The zero-order valence-corrected chi connectivity index (χ0v) is 13.3. The van der Waals surface area contributed by atoms with Crippen molar-refractivity contribution in [3.05, 3.63) is 29.3 Å². The largest absolute Gasteiger partial charge is 0.491 e. The zero-order valence-electron chi connectivity index (χ0n) is 13.3. The Labute approximate surface area is 131 Å². The highest BCUT2D eigenvalue weighted by Crippen LogP contribution is 2.49. The van der Waals surface area contributed by atoms with Crippen LogP contribution in [-0.2, 0) is 4.79 Å². The van der Waals surface area contributed by atoms with Gasteiger partial charge in [0.05, 0.1) is 5.54 Å². The fraction of sp³-hybridized carbons (Fsp3) is 0.611. The van der Waals surface area contributed by atoms with Crippen molar-refractivity contribution in [2.45, 2.75) is 32.2 Å². The molecule has 2 N–H and O–H groups in total. The van der Waals surface area contributed by atoms with Gasteiger partial charge in [-0.3, -0.25) is 4.79 Å². The summed E-state index contributed by atoms with van der Waals surface area (Å²) in [6.45, 7) is 6.76. The van der Waals surface area contributed by atoms with Crippen LogP contribution in [0.3, 0.4) is 0 Å². The molecule has 22 heavy (non-hydrogen) atoms. The van der Waals surface area contributed by atoms with Gasteiger partial charge in [0.25, 0.3) is 0 Å². The third kappa shape index (κ3) is 2.50. The third-order valence-electron chi connectivity index (χ3n) is 5.47. The Balaban J connectivity index is 1.33. The second kappa shape index (κ2) is 4.98. The first-order chi connectivity index (χ1) is 10.6. The molecule has 4 nitrogen and oxygen atoms in total. The number of benzene rings is 1. The molecule has 3 aliphatic rings. The van der Waals surface area contributed by atoms with Gasteiger partial charge in [-0.05, 0) is 63.2 Å². The van der Waals surface area contributed by atoms with Crippen LogP contribution in [0, 0.1) is 31.6 Å². The van der Waals surface area contributed by atoms with Crippen LogP contribution in [0.1, 0.15) is 24.0 Å². The summed E-state index contributed by atoms with van der Waals surface area (Å²) in [6, 6.07) is 6.23. The topological polar surface area (TPSA) is 50.4 Å². The number of rotatable bonds is 5. The van der Waals surface area contributed by atoms with Gasteiger partial charge >= 0.3 is 0 Å². The molecular formula is C18H24N2O2. The maximum Gasteiger partial charge on any atom is 0.224 e. The SMILES string of the molecule is Cc1ccc(OCC2(NC(=O)C3C4CNC[C@H]43)CC2)c(C)c1. The van der Waals surface area contributed by atoms with E-state index in [0.717, 1.165) is 37.2 Å². The fourth-order valence-corrected chi connectivity index (χ4v) is 3.79. The monoisotopic (exact) mass is 300 g/mol. The first kappa shape index (κ1) is 14.1. The van der Waals surface area contributed by atoms with Gasteiger partial charge in [0.15, 0.2) is 0 Å². The number of nitrogens with one attached hydrogen (secondary N) is 2. The molecule has 118 valence electrons. The molecule has 1 aromatic carbocycles. The van der Waals surface area contributed by atoms with Gasteiger partial charge in [0, 0.05) is 5.92 Å². The average molecular weight is 300 g/mol. The van der Waals surface area contributed by atoms with E-state index < -0.39 is 0 Å². The van der Waals surface area contributed by atoms with Crippen LogP contribution < -0.4 is 15.4 Å². The highest BCUT2D eigenvalue weighted by molar-refractivity contribution is 5.83. The number of fused-ring (bicyclic) bond motifs is 1.